The Bertz CT molecular complexity index is 2050. The number of benzene rings is 3. The minimum atomic E-state index is -1.98. The Hall–Kier alpha value is -6.02. The Labute approximate surface area is 309 Å². The molecule has 0 aliphatic carbocycles. The molecule has 17 nitrogen and oxygen atoms in total. The largest absolute Gasteiger partial charge is 0.547 e. The summed E-state index contributed by atoms with van der Waals surface area (Å²) in [6.07, 6.45) is 0.340. The first-order valence-electron chi connectivity index (χ1n) is 16.4. The van der Waals surface area contributed by atoms with Gasteiger partial charge in [0.25, 0.3) is 5.91 Å². The Morgan fingerprint density at radius 1 is 0.926 bits per heavy atom. The zero-order valence-electron chi connectivity index (χ0n) is 27.8. The number of halogens is 3. The van der Waals surface area contributed by atoms with E-state index < -0.39 is 100 Å². The van der Waals surface area contributed by atoms with Gasteiger partial charge in [-0.3, -0.25) is 9.59 Å². The number of nitrogens with zero attached hydrogens (tertiary/aromatic N) is 3. The highest BCUT2D eigenvalue weighted by Crippen LogP contribution is 2.41. The number of phenols is 4. The van der Waals surface area contributed by atoms with Gasteiger partial charge in [-0.2, -0.15) is 0 Å². The maximum atomic E-state index is 14.7. The summed E-state index contributed by atoms with van der Waals surface area (Å²) >= 11 is 6.18. The van der Waals surface area contributed by atoms with Crippen molar-refractivity contribution >= 4 is 48.6 Å². The number of carbonyl (C=O) groups excluding carboxylic acids is 4. The molecular formula is C33H31BClF2N5O12. The molecule has 0 spiro atoms. The zero-order chi connectivity index (χ0) is 39.2. The second kappa shape index (κ2) is 14.8. The van der Waals surface area contributed by atoms with Gasteiger partial charge in [0, 0.05) is 49.4 Å². The SMILES string of the molecule is O=C(O)c1c(F)ccc2c1OB(O)[C@@H](NC(=O)[C@@H](NC(=O)N1CCN(C3CCN(C(=O)c4cc(O)cc(O)c4)CC3)C1=O)c1cc(F)c(O)c(O)c1Cl)C2. The van der Waals surface area contributed by atoms with Crippen molar-refractivity contribution in [1.29, 1.82) is 0 Å². The van der Waals surface area contributed by atoms with Crippen LogP contribution in [0, 0.1) is 11.6 Å². The van der Waals surface area contributed by atoms with E-state index in [1.54, 1.807) is 0 Å². The van der Waals surface area contributed by atoms with Crippen LogP contribution in [-0.2, 0) is 11.2 Å². The third kappa shape index (κ3) is 7.16. The van der Waals surface area contributed by atoms with Gasteiger partial charge in [0.2, 0.25) is 5.91 Å². The number of fused-ring (bicyclic) bond motifs is 1. The molecule has 3 aliphatic rings. The van der Waals surface area contributed by atoms with Crippen LogP contribution in [0.5, 0.6) is 28.7 Å². The summed E-state index contributed by atoms with van der Waals surface area (Å²) in [5.41, 5.74) is -1.24. The highest BCUT2D eigenvalue weighted by molar-refractivity contribution is 6.47. The van der Waals surface area contributed by atoms with Crippen LogP contribution in [0.3, 0.4) is 0 Å². The Balaban J connectivity index is 1.17. The van der Waals surface area contributed by atoms with Gasteiger partial charge in [0.05, 0.1) is 11.0 Å². The molecule has 0 radical (unpaired) electrons. The number of urea groups is 2. The van der Waals surface area contributed by atoms with E-state index in [1.807, 2.05) is 0 Å². The molecule has 0 saturated carbocycles. The van der Waals surface area contributed by atoms with Gasteiger partial charge in [-0.25, -0.2) is 28.1 Å². The summed E-state index contributed by atoms with van der Waals surface area (Å²) in [4.78, 5) is 69.2. The third-order valence-electron chi connectivity index (χ3n) is 9.42. The number of aromatic hydroxyl groups is 4. The van der Waals surface area contributed by atoms with Gasteiger partial charge in [0.15, 0.2) is 17.3 Å². The van der Waals surface area contributed by atoms with Crippen molar-refractivity contribution in [3.63, 3.8) is 0 Å². The lowest BCUT2D eigenvalue weighted by atomic mass is 9.72. The maximum Gasteiger partial charge on any atom is 0.547 e. The van der Waals surface area contributed by atoms with Crippen LogP contribution in [-0.4, -0.2) is 120 Å². The third-order valence-corrected chi connectivity index (χ3v) is 9.81. The van der Waals surface area contributed by atoms with Crippen LogP contribution in [0.4, 0.5) is 18.4 Å². The van der Waals surface area contributed by atoms with E-state index >= 15 is 0 Å². The zero-order valence-corrected chi connectivity index (χ0v) is 28.6. The van der Waals surface area contributed by atoms with Gasteiger partial charge in [0.1, 0.15) is 34.7 Å². The lowest BCUT2D eigenvalue weighted by molar-refractivity contribution is -0.123. The van der Waals surface area contributed by atoms with E-state index in [9.17, 15) is 63.3 Å². The number of hydrogen-bond donors (Lipinski definition) is 8. The number of amides is 6. The first kappa shape index (κ1) is 37.7. The van der Waals surface area contributed by atoms with Crippen LogP contribution in [0.15, 0.2) is 36.4 Å². The molecule has 0 unspecified atom stereocenters. The fourth-order valence-corrected chi connectivity index (χ4v) is 6.96. The molecule has 54 heavy (non-hydrogen) atoms. The minimum absolute atomic E-state index is 0.0709. The maximum absolute atomic E-state index is 14.7. The standard InChI is InChI=1S/C33H31BClF2N5O12/c35-24-19(13-21(37)26(45)27(24)46)25(29(47)38-22-11-14-1-2-20(36)23(31(49)50)28(14)54-34(22)53)39-32(51)42-8-7-41(33(42)52)16-3-5-40(6-4-16)30(48)15-9-17(43)12-18(44)10-15/h1-2,9-10,12-13,16,22,25,43-46,53H,3-8,11H2,(H,38,47)(H,39,51)(H,49,50)/t22-,25-/m0/s1. The van der Waals surface area contributed by atoms with Crippen molar-refractivity contribution < 1.29 is 68.0 Å². The van der Waals surface area contributed by atoms with Gasteiger partial charge < -0.3 is 55.6 Å². The number of hydrogen-bond acceptors (Lipinski definition) is 11. The molecule has 2 fully saturated rings. The number of carboxylic acids is 1. The van der Waals surface area contributed by atoms with Gasteiger partial charge in [-0.1, -0.05) is 17.7 Å². The predicted octanol–water partition coefficient (Wildman–Crippen LogP) is 2.07. The van der Waals surface area contributed by atoms with Crippen molar-refractivity contribution in [3.05, 3.63) is 75.3 Å². The number of imide groups is 1. The number of piperidine rings is 1. The molecule has 8 N–H and O–H groups in total. The average molecular weight is 774 g/mol. The number of carboxylic acid groups (broad SMARTS) is 1. The van der Waals surface area contributed by atoms with Crippen LogP contribution >= 0.6 is 11.6 Å². The topological polar surface area (TPSA) is 250 Å². The number of rotatable bonds is 7. The van der Waals surface area contributed by atoms with Crippen molar-refractivity contribution in [2.24, 2.45) is 0 Å². The Kier molecular flexibility index (Phi) is 10.3. The summed E-state index contributed by atoms with van der Waals surface area (Å²) in [6.45, 7) is 0.334. The van der Waals surface area contributed by atoms with Crippen LogP contribution in [0.1, 0.15) is 50.7 Å². The molecule has 2 saturated heterocycles. The highest BCUT2D eigenvalue weighted by atomic mass is 35.5. The lowest BCUT2D eigenvalue weighted by Gasteiger charge is -2.36. The fourth-order valence-electron chi connectivity index (χ4n) is 6.71. The summed E-state index contributed by atoms with van der Waals surface area (Å²) in [7, 11) is -1.94. The molecule has 284 valence electrons. The number of carbonyl (C=O) groups is 5. The van der Waals surface area contributed by atoms with Crippen LogP contribution in [0.2, 0.25) is 5.02 Å². The van der Waals surface area contributed by atoms with Crippen molar-refractivity contribution in [2.75, 3.05) is 26.2 Å². The van der Waals surface area contributed by atoms with E-state index in [2.05, 4.69) is 10.6 Å². The normalized spacial score (nSPS) is 17.9. The van der Waals surface area contributed by atoms with Gasteiger partial charge >= 0.3 is 25.1 Å². The molecule has 6 amide bonds. The molecule has 6 rings (SSSR count). The van der Waals surface area contributed by atoms with E-state index in [1.165, 1.54) is 28.0 Å². The van der Waals surface area contributed by atoms with Crippen molar-refractivity contribution in [1.82, 2.24) is 25.3 Å². The Morgan fingerprint density at radius 2 is 1.59 bits per heavy atom. The smallest absolute Gasteiger partial charge is 0.534 e. The summed E-state index contributed by atoms with van der Waals surface area (Å²) in [6, 6.07) is 1.84. The molecular weight excluding hydrogens is 743 g/mol. The number of phenolic OH excluding ortho intramolecular Hbond substituents is 4. The Morgan fingerprint density at radius 3 is 2.24 bits per heavy atom. The molecule has 3 aliphatic heterocycles. The quantitative estimate of drug-likeness (QED) is 0.127. The predicted molar refractivity (Wildman–Crippen MR) is 181 cm³/mol. The van der Waals surface area contributed by atoms with Crippen LogP contribution in [0.25, 0.3) is 0 Å². The molecule has 0 bridgehead atoms. The summed E-state index contributed by atoms with van der Waals surface area (Å²) in [5.74, 6) is -10.7. The van der Waals surface area contributed by atoms with E-state index in [0.29, 0.717) is 18.9 Å². The molecule has 3 aromatic rings. The molecule has 21 heteroatoms. The number of nitrogens with one attached hydrogen (secondary N) is 2. The molecule has 3 aromatic carbocycles. The highest BCUT2D eigenvalue weighted by Gasteiger charge is 2.43. The van der Waals surface area contributed by atoms with Crippen molar-refractivity contribution in [2.45, 2.75) is 37.3 Å². The summed E-state index contributed by atoms with van der Waals surface area (Å²) in [5, 5.41) is 63.6. The first-order valence-corrected chi connectivity index (χ1v) is 16.7. The molecule has 0 aromatic heterocycles. The first-order chi connectivity index (χ1) is 25.5. The minimum Gasteiger partial charge on any atom is -0.534 e. The number of likely N-dealkylation sites (tertiary alicyclic amines) is 1. The monoisotopic (exact) mass is 773 g/mol. The fraction of sp³-hybridized carbons (Fsp3) is 0.303. The molecule has 2 atom stereocenters. The van der Waals surface area contributed by atoms with E-state index in [-0.39, 0.29) is 55.2 Å². The van der Waals surface area contributed by atoms with E-state index in [0.717, 1.165) is 17.0 Å². The van der Waals surface area contributed by atoms with E-state index in [4.69, 9.17) is 16.3 Å². The molecule has 3 heterocycles. The van der Waals surface area contributed by atoms with Crippen molar-refractivity contribution in [3.8, 4) is 28.7 Å². The second-order valence-corrected chi connectivity index (χ2v) is 13.2. The average Bonchev–Trinajstić information content (AvgIpc) is 3.51. The van der Waals surface area contributed by atoms with Gasteiger partial charge in [-0.15, -0.1) is 0 Å². The van der Waals surface area contributed by atoms with Gasteiger partial charge in [-0.05, 0) is 49.1 Å². The second-order valence-electron chi connectivity index (χ2n) is 12.8. The van der Waals surface area contributed by atoms with Crippen LogP contribution < -0.4 is 15.3 Å². The lowest BCUT2D eigenvalue weighted by Crippen LogP contribution is -2.56. The number of aromatic carboxylic acids is 1. The summed E-state index contributed by atoms with van der Waals surface area (Å²) < 4.78 is 34.1.